The molecule has 0 aliphatic heterocycles. The lowest BCUT2D eigenvalue weighted by Gasteiger charge is -2.00. The highest BCUT2D eigenvalue weighted by molar-refractivity contribution is 7.15. The Kier molecular flexibility index (Phi) is 3.57. The van der Waals surface area contributed by atoms with E-state index < -0.39 is 0 Å². The van der Waals surface area contributed by atoms with Crippen molar-refractivity contribution in [1.82, 2.24) is 20.3 Å². The molecule has 19 heavy (non-hydrogen) atoms. The summed E-state index contributed by atoms with van der Waals surface area (Å²) in [6.07, 6.45) is 4.37. The monoisotopic (exact) mass is 274 g/mol. The zero-order valence-corrected chi connectivity index (χ0v) is 12.1. The molecule has 0 unspecified atom stereocenters. The van der Waals surface area contributed by atoms with E-state index in [0.29, 0.717) is 5.92 Å². The largest absolute Gasteiger partial charge is 0.312 e. The summed E-state index contributed by atoms with van der Waals surface area (Å²) in [6.45, 7) is 5.96. The lowest BCUT2D eigenvalue weighted by molar-refractivity contribution is 0.727. The highest BCUT2D eigenvalue weighted by atomic mass is 32.1. The van der Waals surface area contributed by atoms with Crippen LogP contribution in [0.5, 0.6) is 0 Å². The van der Waals surface area contributed by atoms with Gasteiger partial charge < -0.3 is 5.32 Å². The summed E-state index contributed by atoms with van der Waals surface area (Å²) in [5.74, 6) is 1.48. The van der Waals surface area contributed by atoms with E-state index in [0.717, 1.165) is 29.6 Å². The Morgan fingerprint density at radius 2 is 2.21 bits per heavy atom. The van der Waals surface area contributed by atoms with Gasteiger partial charge in [0.25, 0.3) is 0 Å². The van der Waals surface area contributed by atoms with E-state index in [9.17, 15) is 0 Å². The van der Waals surface area contributed by atoms with Gasteiger partial charge in [-0.25, -0.2) is 15.0 Å². The van der Waals surface area contributed by atoms with Crippen molar-refractivity contribution in [1.29, 1.82) is 0 Å². The molecule has 0 radical (unpaired) electrons. The molecule has 100 valence electrons. The topological polar surface area (TPSA) is 50.7 Å². The van der Waals surface area contributed by atoms with Crippen LogP contribution in [-0.2, 0) is 6.54 Å². The number of thiazole rings is 1. The third-order valence-electron chi connectivity index (χ3n) is 3.22. The van der Waals surface area contributed by atoms with Crippen LogP contribution in [0.25, 0.3) is 10.7 Å². The molecule has 0 spiro atoms. The molecular weight excluding hydrogens is 256 g/mol. The fourth-order valence-corrected chi connectivity index (χ4v) is 3.18. The second-order valence-corrected chi connectivity index (χ2v) is 5.95. The molecule has 0 amide bonds. The summed E-state index contributed by atoms with van der Waals surface area (Å²) in [5, 5.41) is 4.43. The second kappa shape index (κ2) is 5.35. The average Bonchev–Trinajstić information content (AvgIpc) is 3.17. The molecule has 1 aliphatic carbocycles. The first-order valence-electron chi connectivity index (χ1n) is 6.78. The Labute approximate surface area is 117 Å². The van der Waals surface area contributed by atoms with E-state index in [4.69, 9.17) is 4.98 Å². The number of nitrogens with zero attached hydrogens (tertiary/aromatic N) is 3. The molecule has 1 N–H and O–H groups in total. The number of aromatic nitrogens is 3. The van der Waals surface area contributed by atoms with Crippen LogP contribution in [0.2, 0.25) is 0 Å². The highest BCUT2D eigenvalue weighted by Crippen LogP contribution is 2.43. The average molecular weight is 274 g/mol. The summed E-state index contributed by atoms with van der Waals surface area (Å²) >= 11 is 1.77. The van der Waals surface area contributed by atoms with Crippen LogP contribution < -0.4 is 5.32 Å². The molecule has 4 nitrogen and oxygen atoms in total. The lowest BCUT2D eigenvalue weighted by atomic mass is 10.2. The van der Waals surface area contributed by atoms with E-state index in [2.05, 4.69) is 22.2 Å². The van der Waals surface area contributed by atoms with Gasteiger partial charge in [0, 0.05) is 23.5 Å². The van der Waals surface area contributed by atoms with Crippen molar-refractivity contribution in [3.63, 3.8) is 0 Å². The minimum Gasteiger partial charge on any atom is -0.312 e. The van der Waals surface area contributed by atoms with Gasteiger partial charge >= 0.3 is 0 Å². The first-order chi connectivity index (χ1) is 9.28. The Hall–Kier alpha value is -1.33. The van der Waals surface area contributed by atoms with Gasteiger partial charge in [0.2, 0.25) is 0 Å². The molecule has 0 bridgehead atoms. The molecule has 5 heteroatoms. The standard InChI is InChI=1S/C14H18N4S/c1-3-15-8-12-13(10-4-5-10)18-14(19-12)11-6-7-16-9(2)17-11/h6-7,10,15H,3-5,8H2,1-2H3. The first kappa shape index (κ1) is 12.7. The van der Waals surface area contributed by atoms with Crippen molar-refractivity contribution < 1.29 is 0 Å². The SMILES string of the molecule is CCNCc1sc(-c2ccnc(C)n2)nc1C1CC1. The van der Waals surface area contributed by atoms with Crippen molar-refractivity contribution in [3.8, 4) is 10.7 Å². The van der Waals surface area contributed by atoms with Crippen LogP contribution in [0.15, 0.2) is 12.3 Å². The Morgan fingerprint density at radius 3 is 2.89 bits per heavy atom. The maximum absolute atomic E-state index is 4.82. The smallest absolute Gasteiger partial charge is 0.142 e. The van der Waals surface area contributed by atoms with Gasteiger partial charge in [-0.1, -0.05) is 6.92 Å². The number of hydrogen-bond donors (Lipinski definition) is 1. The molecule has 0 atom stereocenters. The quantitative estimate of drug-likeness (QED) is 0.911. The van der Waals surface area contributed by atoms with Crippen molar-refractivity contribution in [3.05, 3.63) is 28.7 Å². The Balaban J connectivity index is 1.93. The molecule has 2 aromatic rings. The maximum Gasteiger partial charge on any atom is 0.142 e. The first-order valence-corrected chi connectivity index (χ1v) is 7.60. The minimum atomic E-state index is 0.682. The third kappa shape index (κ3) is 2.82. The fourth-order valence-electron chi connectivity index (χ4n) is 2.09. The lowest BCUT2D eigenvalue weighted by Crippen LogP contribution is -2.11. The number of rotatable bonds is 5. The predicted octanol–water partition coefficient (Wildman–Crippen LogP) is 2.90. The van der Waals surface area contributed by atoms with Gasteiger partial charge in [-0.15, -0.1) is 11.3 Å². The molecule has 1 saturated carbocycles. The zero-order chi connectivity index (χ0) is 13.2. The summed E-state index contributed by atoms with van der Waals surface area (Å²) in [5.41, 5.74) is 2.24. The van der Waals surface area contributed by atoms with Gasteiger partial charge in [0.1, 0.15) is 16.5 Å². The molecule has 3 rings (SSSR count). The highest BCUT2D eigenvalue weighted by Gasteiger charge is 2.29. The molecule has 2 aromatic heterocycles. The van der Waals surface area contributed by atoms with E-state index in [1.165, 1.54) is 23.4 Å². The normalized spacial score (nSPS) is 14.8. The third-order valence-corrected chi connectivity index (χ3v) is 4.32. The minimum absolute atomic E-state index is 0.682. The molecule has 1 fully saturated rings. The van der Waals surface area contributed by atoms with E-state index in [1.807, 2.05) is 13.0 Å². The van der Waals surface area contributed by atoms with Gasteiger partial charge in [0.05, 0.1) is 5.69 Å². The summed E-state index contributed by atoms with van der Waals surface area (Å²) < 4.78 is 0. The summed E-state index contributed by atoms with van der Waals surface area (Å²) in [6, 6.07) is 1.94. The second-order valence-electron chi connectivity index (χ2n) is 4.87. The van der Waals surface area contributed by atoms with Crippen LogP contribution in [0.3, 0.4) is 0 Å². The van der Waals surface area contributed by atoms with Gasteiger partial charge in [0.15, 0.2) is 0 Å². The van der Waals surface area contributed by atoms with Crippen LogP contribution >= 0.6 is 11.3 Å². The maximum atomic E-state index is 4.82. The van der Waals surface area contributed by atoms with Gasteiger partial charge in [-0.3, -0.25) is 0 Å². The van der Waals surface area contributed by atoms with Crippen LogP contribution in [0, 0.1) is 6.92 Å². The number of hydrogen-bond acceptors (Lipinski definition) is 5. The predicted molar refractivity (Wildman–Crippen MR) is 77.2 cm³/mol. The number of nitrogens with one attached hydrogen (secondary N) is 1. The van der Waals surface area contributed by atoms with E-state index in [-0.39, 0.29) is 0 Å². The Bertz CT molecular complexity index is 575. The van der Waals surface area contributed by atoms with Crippen molar-refractivity contribution in [2.75, 3.05) is 6.54 Å². The van der Waals surface area contributed by atoms with Crippen LogP contribution in [-0.4, -0.2) is 21.5 Å². The fraction of sp³-hybridized carbons (Fsp3) is 0.500. The van der Waals surface area contributed by atoms with Crippen molar-refractivity contribution >= 4 is 11.3 Å². The molecule has 0 saturated heterocycles. The molecule has 1 aliphatic rings. The van der Waals surface area contributed by atoms with Crippen LogP contribution in [0.4, 0.5) is 0 Å². The van der Waals surface area contributed by atoms with Crippen LogP contribution in [0.1, 0.15) is 42.1 Å². The molecule has 2 heterocycles. The molecule has 0 aromatic carbocycles. The zero-order valence-electron chi connectivity index (χ0n) is 11.3. The summed E-state index contributed by atoms with van der Waals surface area (Å²) in [7, 11) is 0. The van der Waals surface area contributed by atoms with Crippen molar-refractivity contribution in [2.45, 2.75) is 39.2 Å². The number of aryl methyl sites for hydroxylation is 1. The van der Waals surface area contributed by atoms with E-state index in [1.54, 1.807) is 17.5 Å². The van der Waals surface area contributed by atoms with E-state index >= 15 is 0 Å². The van der Waals surface area contributed by atoms with Gasteiger partial charge in [-0.2, -0.15) is 0 Å². The Morgan fingerprint density at radius 1 is 1.37 bits per heavy atom. The summed E-state index contributed by atoms with van der Waals surface area (Å²) in [4.78, 5) is 14.8. The molecular formula is C14H18N4S. The van der Waals surface area contributed by atoms with Crippen molar-refractivity contribution in [2.24, 2.45) is 0 Å². The van der Waals surface area contributed by atoms with Gasteiger partial charge in [-0.05, 0) is 32.4 Å².